The van der Waals surface area contributed by atoms with Crippen LogP contribution in [0.3, 0.4) is 0 Å². The first kappa shape index (κ1) is 9.78. The molecule has 0 saturated heterocycles. The monoisotopic (exact) mass is 192 g/mol. The van der Waals surface area contributed by atoms with Crippen molar-refractivity contribution in [3.63, 3.8) is 0 Å². The standard InChI is InChI=1S/C12H20N2/c1-4-7-14-9(2)8-12-11(10(14)3)5-6-13-12/h5-6,9-10,13H,4,7-8H2,1-3H3/t9-,10-/m0/s1. The number of hydrogen-bond acceptors (Lipinski definition) is 1. The summed E-state index contributed by atoms with van der Waals surface area (Å²) in [5, 5.41) is 0. The molecule has 2 rings (SSSR count). The first-order valence-electron chi connectivity index (χ1n) is 5.66. The van der Waals surface area contributed by atoms with E-state index in [9.17, 15) is 0 Å². The number of fused-ring (bicyclic) bond motifs is 1. The Morgan fingerprint density at radius 2 is 2.29 bits per heavy atom. The predicted octanol–water partition coefficient (Wildman–Crippen LogP) is 2.73. The van der Waals surface area contributed by atoms with Gasteiger partial charge in [0.25, 0.3) is 0 Å². The Bertz CT molecular complexity index is 303. The van der Waals surface area contributed by atoms with Crippen LogP contribution >= 0.6 is 0 Å². The zero-order chi connectivity index (χ0) is 10.1. The third-order valence-corrected chi connectivity index (χ3v) is 3.36. The van der Waals surface area contributed by atoms with E-state index >= 15 is 0 Å². The molecule has 1 N–H and O–H groups in total. The van der Waals surface area contributed by atoms with Crippen molar-refractivity contribution in [2.24, 2.45) is 0 Å². The summed E-state index contributed by atoms with van der Waals surface area (Å²) < 4.78 is 0. The molecule has 1 aliphatic heterocycles. The Morgan fingerprint density at radius 1 is 1.50 bits per heavy atom. The van der Waals surface area contributed by atoms with Crippen molar-refractivity contribution in [1.29, 1.82) is 0 Å². The average Bonchev–Trinajstić information content (AvgIpc) is 2.60. The zero-order valence-electron chi connectivity index (χ0n) is 9.38. The molecule has 0 amide bonds. The number of aromatic amines is 1. The van der Waals surface area contributed by atoms with Gasteiger partial charge in [0.15, 0.2) is 0 Å². The molecule has 14 heavy (non-hydrogen) atoms. The number of nitrogens with one attached hydrogen (secondary N) is 1. The van der Waals surface area contributed by atoms with Gasteiger partial charge in [-0.3, -0.25) is 4.90 Å². The highest BCUT2D eigenvalue weighted by Crippen LogP contribution is 2.31. The molecule has 0 radical (unpaired) electrons. The Hall–Kier alpha value is -0.760. The van der Waals surface area contributed by atoms with Gasteiger partial charge in [-0.15, -0.1) is 0 Å². The van der Waals surface area contributed by atoms with Gasteiger partial charge in [-0.25, -0.2) is 0 Å². The first-order chi connectivity index (χ1) is 6.74. The van der Waals surface area contributed by atoms with Crippen LogP contribution in [0.5, 0.6) is 0 Å². The molecule has 0 spiro atoms. The van der Waals surface area contributed by atoms with Crippen molar-refractivity contribution in [1.82, 2.24) is 9.88 Å². The van der Waals surface area contributed by atoms with E-state index in [0.29, 0.717) is 12.1 Å². The van der Waals surface area contributed by atoms with Crippen molar-refractivity contribution >= 4 is 0 Å². The second-order valence-electron chi connectivity index (χ2n) is 4.38. The van der Waals surface area contributed by atoms with Crippen LogP contribution in [0.4, 0.5) is 0 Å². The van der Waals surface area contributed by atoms with Gasteiger partial charge in [0.1, 0.15) is 0 Å². The maximum atomic E-state index is 3.35. The molecule has 1 aliphatic rings. The molecule has 0 bridgehead atoms. The maximum absolute atomic E-state index is 3.35. The normalized spacial score (nSPS) is 27.6. The average molecular weight is 192 g/mol. The SMILES string of the molecule is CCCN1[C@@H](C)Cc2[nH]ccc2[C@@H]1C. The van der Waals surface area contributed by atoms with Gasteiger partial charge in [0, 0.05) is 30.4 Å². The smallest absolute Gasteiger partial charge is 0.0340 e. The fraction of sp³-hybridized carbons (Fsp3) is 0.667. The Labute approximate surface area is 86.3 Å². The minimum atomic E-state index is 0.583. The molecule has 0 aliphatic carbocycles. The van der Waals surface area contributed by atoms with E-state index in [1.165, 1.54) is 30.6 Å². The predicted molar refractivity (Wildman–Crippen MR) is 59.4 cm³/mol. The van der Waals surface area contributed by atoms with E-state index in [-0.39, 0.29) is 0 Å². The lowest BCUT2D eigenvalue weighted by molar-refractivity contribution is 0.138. The zero-order valence-corrected chi connectivity index (χ0v) is 9.38. The number of H-pyrrole nitrogens is 1. The van der Waals surface area contributed by atoms with Gasteiger partial charge in [-0.1, -0.05) is 6.92 Å². The van der Waals surface area contributed by atoms with E-state index in [4.69, 9.17) is 0 Å². The van der Waals surface area contributed by atoms with Crippen molar-refractivity contribution in [3.8, 4) is 0 Å². The van der Waals surface area contributed by atoms with E-state index < -0.39 is 0 Å². The Balaban J connectivity index is 2.25. The minimum absolute atomic E-state index is 0.583. The molecule has 78 valence electrons. The summed E-state index contributed by atoms with van der Waals surface area (Å²) >= 11 is 0. The Morgan fingerprint density at radius 3 is 3.00 bits per heavy atom. The van der Waals surface area contributed by atoms with Crippen LogP contribution in [-0.4, -0.2) is 22.5 Å². The summed E-state index contributed by atoms with van der Waals surface area (Å²) in [5.41, 5.74) is 2.94. The molecule has 2 nitrogen and oxygen atoms in total. The lowest BCUT2D eigenvalue weighted by Crippen LogP contribution is -2.41. The van der Waals surface area contributed by atoms with Crippen LogP contribution in [0, 0.1) is 0 Å². The summed E-state index contributed by atoms with van der Waals surface area (Å²) in [6.07, 6.45) is 4.49. The molecule has 0 saturated carbocycles. The molecule has 2 heteroatoms. The number of rotatable bonds is 2. The highest BCUT2D eigenvalue weighted by Gasteiger charge is 2.28. The number of hydrogen-bond donors (Lipinski definition) is 1. The summed E-state index contributed by atoms with van der Waals surface area (Å²) in [6, 6.07) is 3.49. The van der Waals surface area contributed by atoms with Crippen LogP contribution in [-0.2, 0) is 6.42 Å². The van der Waals surface area contributed by atoms with Crippen molar-refractivity contribution in [2.45, 2.75) is 45.7 Å². The molecule has 1 aromatic rings. The molecule has 2 atom stereocenters. The molecule has 2 heterocycles. The summed E-state index contributed by atoms with van der Waals surface area (Å²) in [7, 11) is 0. The fourth-order valence-electron chi connectivity index (χ4n) is 2.63. The highest BCUT2D eigenvalue weighted by molar-refractivity contribution is 5.27. The second-order valence-corrected chi connectivity index (χ2v) is 4.38. The van der Waals surface area contributed by atoms with E-state index in [2.05, 4.69) is 42.9 Å². The lowest BCUT2D eigenvalue weighted by atomic mass is 9.95. The van der Waals surface area contributed by atoms with Crippen LogP contribution in [0.1, 0.15) is 44.5 Å². The van der Waals surface area contributed by atoms with E-state index in [1.54, 1.807) is 0 Å². The van der Waals surface area contributed by atoms with Gasteiger partial charge in [-0.05, 0) is 38.4 Å². The van der Waals surface area contributed by atoms with Gasteiger partial charge < -0.3 is 4.98 Å². The molecular formula is C12H20N2. The van der Waals surface area contributed by atoms with Crippen molar-refractivity contribution in [3.05, 3.63) is 23.5 Å². The molecular weight excluding hydrogens is 172 g/mol. The van der Waals surface area contributed by atoms with Gasteiger partial charge >= 0.3 is 0 Å². The third kappa shape index (κ3) is 1.48. The van der Waals surface area contributed by atoms with Crippen LogP contribution in [0.15, 0.2) is 12.3 Å². The summed E-state index contributed by atoms with van der Waals surface area (Å²) in [4.78, 5) is 5.96. The fourth-order valence-corrected chi connectivity index (χ4v) is 2.63. The van der Waals surface area contributed by atoms with E-state index in [0.717, 1.165) is 0 Å². The molecule has 0 fully saturated rings. The quantitative estimate of drug-likeness (QED) is 0.763. The van der Waals surface area contributed by atoms with Gasteiger partial charge in [0.2, 0.25) is 0 Å². The molecule has 1 aromatic heterocycles. The third-order valence-electron chi connectivity index (χ3n) is 3.36. The largest absolute Gasteiger partial charge is 0.365 e. The Kier molecular flexibility index (Phi) is 2.64. The summed E-state index contributed by atoms with van der Waals surface area (Å²) in [5.74, 6) is 0. The second kappa shape index (κ2) is 3.77. The number of nitrogens with zero attached hydrogens (tertiary/aromatic N) is 1. The van der Waals surface area contributed by atoms with E-state index in [1.807, 2.05) is 0 Å². The van der Waals surface area contributed by atoms with Crippen LogP contribution in [0.25, 0.3) is 0 Å². The number of aromatic nitrogens is 1. The first-order valence-corrected chi connectivity index (χ1v) is 5.66. The van der Waals surface area contributed by atoms with Crippen LogP contribution < -0.4 is 0 Å². The minimum Gasteiger partial charge on any atom is -0.365 e. The summed E-state index contributed by atoms with van der Waals surface area (Å²) in [6.45, 7) is 8.12. The van der Waals surface area contributed by atoms with Crippen LogP contribution in [0.2, 0.25) is 0 Å². The lowest BCUT2D eigenvalue weighted by Gasteiger charge is -2.38. The maximum Gasteiger partial charge on any atom is 0.0340 e. The topological polar surface area (TPSA) is 19.0 Å². The van der Waals surface area contributed by atoms with Crippen molar-refractivity contribution < 1.29 is 0 Å². The van der Waals surface area contributed by atoms with Gasteiger partial charge in [-0.2, -0.15) is 0 Å². The molecule has 0 unspecified atom stereocenters. The highest BCUT2D eigenvalue weighted by atomic mass is 15.2. The van der Waals surface area contributed by atoms with Gasteiger partial charge in [0.05, 0.1) is 0 Å². The van der Waals surface area contributed by atoms with Crippen molar-refractivity contribution in [2.75, 3.05) is 6.54 Å². The molecule has 0 aromatic carbocycles.